The molecule has 1 saturated heterocycles. The molecule has 1 saturated carbocycles. The second kappa shape index (κ2) is 6.16. The van der Waals surface area contributed by atoms with Crippen LogP contribution in [0.3, 0.4) is 0 Å². The predicted molar refractivity (Wildman–Crippen MR) is 80.6 cm³/mol. The van der Waals surface area contributed by atoms with Crippen molar-refractivity contribution in [2.24, 2.45) is 11.8 Å². The Hall–Kier alpha value is -1.39. The van der Waals surface area contributed by atoms with E-state index in [1.54, 1.807) is 0 Å². The zero-order valence-electron chi connectivity index (χ0n) is 12.5. The minimum Gasteiger partial charge on any atom is -0.494 e. The van der Waals surface area contributed by atoms with E-state index in [1.165, 1.54) is 0 Å². The lowest BCUT2D eigenvalue weighted by Gasteiger charge is -2.17. The number of benzene rings is 1. The van der Waals surface area contributed by atoms with Crippen LogP contribution in [0.25, 0.3) is 0 Å². The topological polar surface area (TPSA) is 49.8 Å². The summed E-state index contributed by atoms with van der Waals surface area (Å²) in [4.78, 5) is 14.5. The number of likely N-dealkylation sites (tertiary alicyclic amines) is 1. The second-order valence-electron chi connectivity index (χ2n) is 6.14. The van der Waals surface area contributed by atoms with E-state index in [9.17, 15) is 9.90 Å². The van der Waals surface area contributed by atoms with Crippen molar-refractivity contribution >= 4 is 5.78 Å². The van der Waals surface area contributed by atoms with E-state index in [-0.39, 0.29) is 11.9 Å². The molecule has 2 fully saturated rings. The first-order chi connectivity index (χ1) is 10.2. The van der Waals surface area contributed by atoms with Gasteiger partial charge in [0.1, 0.15) is 5.75 Å². The molecule has 1 aliphatic heterocycles. The van der Waals surface area contributed by atoms with Crippen LogP contribution in [0.4, 0.5) is 0 Å². The lowest BCUT2D eigenvalue weighted by molar-refractivity contribution is 0.0919. The van der Waals surface area contributed by atoms with E-state index < -0.39 is 0 Å². The first-order valence-electron chi connectivity index (χ1n) is 7.84. The molecule has 0 amide bonds. The zero-order chi connectivity index (χ0) is 14.8. The van der Waals surface area contributed by atoms with Gasteiger partial charge in [-0.05, 0) is 49.9 Å². The van der Waals surface area contributed by atoms with Gasteiger partial charge in [0, 0.05) is 24.6 Å². The summed E-state index contributed by atoms with van der Waals surface area (Å²) in [5.74, 6) is 1.90. The Kier molecular flexibility index (Phi) is 4.27. The molecule has 1 aliphatic carbocycles. The molecule has 0 aromatic heterocycles. The summed E-state index contributed by atoms with van der Waals surface area (Å²) >= 11 is 0. The predicted octanol–water partition coefficient (Wildman–Crippen LogP) is 1.97. The molecule has 0 radical (unpaired) electrons. The molecular formula is C17H23NO3. The van der Waals surface area contributed by atoms with Crippen LogP contribution in [0.15, 0.2) is 24.3 Å². The molecule has 1 aromatic carbocycles. The quantitative estimate of drug-likeness (QED) is 0.842. The Labute approximate surface area is 125 Å². The van der Waals surface area contributed by atoms with Gasteiger partial charge in [0.25, 0.3) is 0 Å². The Morgan fingerprint density at radius 1 is 1.29 bits per heavy atom. The number of carbonyl (C=O) groups is 1. The molecule has 0 spiro atoms. The average Bonchev–Trinajstić information content (AvgIpc) is 3.02. The highest BCUT2D eigenvalue weighted by atomic mass is 16.5. The van der Waals surface area contributed by atoms with Crippen molar-refractivity contribution in [2.75, 3.05) is 26.2 Å². The van der Waals surface area contributed by atoms with Gasteiger partial charge >= 0.3 is 0 Å². The molecule has 1 heterocycles. The smallest absolute Gasteiger partial charge is 0.176 e. The normalized spacial score (nSPS) is 28.6. The van der Waals surface area contributed by atoms with E-state index >= 15 is 0 Å². The number of ketones is 1. The summed E-state index contributed by atoms with van der Waals surface area (Å²) in [6.07, 6.45) is 1.86. The van der Waals surface area contributed by atoms with Gasteiger partial charge in [0.15, 0.2) is 5.78 Å². The highest BCUT2D eigenvalue weighted by Gasteiger charge is 2.41. The molecule has 114 valence electrons. The van der Waals surface area contributed by atoms with E-state index in [0.717, 1.165) is 37.2 Å². The third-order valence-corrected chi connectivity index (χ3v) is 4.75. The molecule has 3 rings (SSSR count). The average molecular weight is 289 g/mol. The summed E-state index contributed by atoms with van der Waals surface area (Å²) in [7, 11) is 0. The second-order valence-corrected chi connectivity index (χ2v) is 6.14. The van der Waals surface area contributed by atoms with E-state index in [4.69, 9.17) is 4.74 Å². The van der Waals surface area contributed by atoms with Gasteiger partial charge in [-0.25, -0.2) is 0 Å². The van der Waals surface area contributed by atoms with Gasteiger partial charge in [-0.1, -0.05) is 0 Å². The van der Waals surface area contributed by atoms with Crippen molar-refractivity contribution in [2.45, 2.75) is 25.9 Å². The van der Waals surface area contributed by atoms with Crippen molar-refractivity contribution < 1.29 is 14.6 Å². The van der Waals surface area contributed by atoms with Crippen LogP contribution in [0, 0.1) is 11.8 Å². The number of aliphatic hydroxyl groups is 1. The highest BCUT2D eigenvalue weighted by molar-refractivity contribution is 5.97. The maximum absolute atomic E-state index is 12.3. The number of rotatable bonds is 5. The van der Waals surface area contributed by atoms with Crippen LogP contribution in [0.1, 0.15) is 30.1 Å². The minimum atomic E-state index is -0.166. The third kappa shape index (κ3) is 3.11. The van der Waals surface area contributed by atoms with Crippen molar-refractivity contribution in [3.8, 4) is 5.75 Å². The number of hydrogen-bond acceptors (Lipinski definition) is 4. The molecule has 21 heavy (non-hydrogen) atoms. The summed E-state index contributed by atoms with van der Waals surface area (Å²) in [5, 5.41) is 9.92. The minimum absolute atomic E-state index is 0.146. The van der Waals surface area contributed by atoms with Crippen LogP contribution < -0.4 is 4.74 Å². The lowest BCUT2D eigenvalue weighted by atomic mass is 10.00. The summed E-state index contributed by atoms with van der Waals surface area (Å²) < 4.78 is 5.39. The molecule has 0 bridgehead atoms. The zero-order valence-corrected chi connectivity index (χ0v) is 12.5. The Balaban J connectivity index is 1.57. The molecule has 4 heteroatoms. The van der Waals surface area contributed by atoms with Crippen molar-refractivity contribution in [3.63, 3.8) is 0 Å². The first-order valence-corrected chi connectivity index (χ1v) is 7.84. The fourth-order valence-electron chi connectivity index (χ4n) is 3.66. The number of aliphatic hydroxyl groups excluding tert-OH is 1. The molecular weight excluding hydrogens is 266 g/mol. The van der Waals surface area contributed by atoms with Gasteiger partial charge in [-0.2, -0.15) is 0 Å². The first kappa shape index (κ1) is 14.5. The molecule has 4 nitrogen and oxygen atoms in total. The van der Waals surface area contributed by atoms with Crippen molar-refractivity contribution in [3.05, 3.63) is 29.8 Å². The van der Waals surface area contributed by atoms with E-state index in [1.807, 2.05) is 31.2 Å². The van der Waals surface area contributed by atoms with Gasteiger partial charge in [-0.3, -0.25) is 9.69 Å². The van der Waals surface area contributed by atoms with E-state index in [2.05, 4.69) is 4.90 Å². The Morgan fingerprint density at radius 3 is 2.71 bits per heavy atom. The lowest BCUT2D eigenvalue weighted by Crippen LogP contribution is -2.30. The summed E-state index contributed by atoms with van der Waals surface area (Å²) in [5.41, 5.74) is 0.732. The molecule has 1 aromatic rings. The van der Waals surface area contributed by atoms with Crippen molar-refractivity contribution in [1.29, 1.82) is 0 Å². The molecule has 2 aliphatic rings. The molecule has 3 unspecified atom stereocenters. The standard InChI is InChI=1S/C17H23NO3/c1-2-21-14-6-3-12(4-7-14)17(20)11-18-9-13-5-8-16(19)15(13)10-18/h3-4,6-7,13,15-16,19H,2,5,8-11H2,1H3. The number of carbonyl (C=O) groups excluding carboxylic acids is 1. The van der Waals surface area contributed by atoms with Crippen LogP contribution in [-0.2, 0) is 0 Å². The van der Waals surface area contributed by atoms with Gasteiger partial charge < -0.3 is 9.84 Å². The molecule has 3 atom stereocenters. The monoisotopic (exact) mass is 289 g/mol. The number of fused-ring (bicyclic) bond motifs is 1. The SMILES string of the molecule is CCOc1ccc(C(=O)CN2CC3CCC(O)C3C2)cc1. The van der Waals surface area contributed by atoms with Crippen LogP contribution in [0.2, 0.25) is 0 Å². The van der Waals surface area contributed by atoms with Crippen molar-refractivity contribution in [1.82, 2.24) is 4.90 Å². The number of ether oxygens (including phenoxy) is 1. The molecule has 1 N–H and O–H groups in total. The largest absolute Gasteiger partial charge is 0.494 e. The number of Topliss-reactive ketones (excluding diaryl/α,β-unsaturated/α-hetero) is 1. The maximum Gasteiger partial charge on any atom is 0.176 e. The summed E-state index contributed by atoms with van der Waals surface area (Å²) in [6, 6.07) is 7.36. The Bertz CT molecular complexity index is 499. The highest BCUT2D eigenvalue weighted by Crippen LogP contribution is 2.37. The van der Waals surface area contributed by atoms with Crippen LogP contribution in [-0.4, -0.2) is 48.1 Å². The van der Waals surface area contributed by atoms with Gasteiger partial charge in [-0.15, -0.1) is 0 Å². The van der Waals surface area contributed by atoms with Gasteiger partial charge in [0.05, 0.1) is 19.3 Å². The van der Waals surface area contributed by atoms with Crippen LogP contribution >= 0.6 is 0 Å². The fourth-order valence-corrected chi connectivity index (χ4v) is 3.66. The number of hydrogen-bond donors (Lipinski definition) is 1. The van der Waals surface area contributed by atoms with E-state index in [0.29, 0.717) is 25.0 Å². The summed E-state index contributed by atoms with van der Waals surface area (Å²) in [6.45, 7) is 4.83. The maximum atomic E-state index is 12.3. The van der Waals surface area contributed by atoms with Gasteiger partial charge in [0.2, 0.25) is 0 Å². The third-order valence-electron chi connectivity index (χ3n) is 4.75. The Morgan fingerprint density at radius 2 is 2.05 bits per heavy atom. The fraction of sp³-hybridized carbons (Fsp3) is 0.588. The number of nitrogens with zero attached hydrogens (tertiary/aromatic N) is 1. The van der Waals surface area contributed by atoms with Crippen LogP contribution in [0.5, 0.6) is 5.75 Å².